The second-order valence-electron chi connectivity index (χ2n) is 6.84. The Morgan fingerprint density at radius 1 is 1.14 bits per heavy atom. The summed E-state index contributed by atoms with van der Waals surface area (Å²) in [6.45, 7) is 3.41. The van der Waals surface area contributed by atoms with E-state index in [1.807, 2.05) is 17.2 Å². The summed E-state index contributed by atoms with van der Waals surface area (Å²) in [6.07, 6.45) is 0. The fourth-order valence-corrected chi connectivity index (χ4v) is 5.72. The van der Waals surface area contributed by atoms with Crippen LogP contribution >= 0.6 is 11.3 Å². The summed E-state index contributed by atoms with van der Waals surface area (Å²) in [7, 11) is -4.04. The Morgan fingerprint density at radius 2 is 1.86 bits per heavy atom. The molecule has 0 atom stereocenters. The third-order valence-corrected chi connectivity index (χ3v) is 7.73. The molecule has 1 fully saturated rings. The number of benzene rings is 1. The highest BCUT2D eigenvalue weighted by molar-refractivity contribution is 7.89. The lowest BCUT2D eigenvalue weighted by Gasteiger charge is -2.33. The number of aromatic nitrogens is 2. The van der Waals surface area contributed by atoms with Crippen molar-refractivity contribution < 1.29 is 17.2 Å². The van der Waals surface area contributed by atoms with E-state index in [9.17, 15) is 22.0 Å². The van der Waals surface area contributed by atoms with Crippen LogP contribution in [0.5, 0.6) is 0 Å². The monoisotopic (exact) mass is 440 g/mol. The topological polar surface area (TPSA) is 75.0 Å². The van der Waals surface area contributed by atoms with Crippen molar-refractivity contribution in [2.24, 2.45) is 0 Å². The molecule has 0 bridgehead atoms. The fourth-order valence-electron chi connectivity index (χ4n) is 3.36. The van der Waals surface area contributed by atoms with Gasteiger partial charge in [0.25, 0.3) is 5.56 Å². The summed E-state index contributed by atoms with van der Waals surface area (Å²) in [5.74, 6) is -1.93. The molecule has 29 heavy (non-hydrogen) atoms. The lowest BCUT2D eigenvalue weighted by molar-refractivity contribution is 0.179. The van der Waals surface area contributed by atoms with Gasteiger partial charge in [-0.3, -0.25) is 14.1 Å². The average Bonchev–Trinajstić information content (AvgIpc) is 3.03. The number of nitrogens with zero attached hydrogens (tertiary/aromatic N) is 4. The normalized spacial score (nSPS) is 16.5. The first-order valence-electron chi connectivity index (χ1n) is 8.90. The second kappa shape index (κ2) is 7.56. The molecule has 1 saturated heterocycles. The van der Waals surface area contributed by atoms with E-state index < -0.39 is 26.6 Å². The van der Waals surface area contributed by atoms with Crippen LogP contribution in [0.1, 0.15) is 11.4 Å². The average molecular weight is 440 g/mol. The Bertz CT molecular complexity index is 1230. The number of aryl methyl sites for hydroxylation is 1. The van der Waals surface area contributed by atoms with Crippen LogP contribution in [0.3, 0.4) is 0 Å². The summed E-state index contributed by atoms with van der Waals surface area (Å²) in [6, 6.07) is 3.93. The molecule has 3 aromatic rings. The minimum absolute atomic E-state index is 0.142. The van der Waals surface area contributed by atoms with E-state index in [1.165, 1.54) is 21.7 Å². The van der Waals surface area contributed by atoms with Crippen LogP contribution in [-0.2, 0) is 16.6 Å². The third-order valence-electron chi connectivity index (χ3n) is 4.86. The van der Waals surface area contributed by atoms with Gasteiger partial charge in [-0.1, -0.05) is 0 Å². The summed E-state index contributed by atoms with van der Waals surface area (Å²) in [5.41, 5.74) is 1.32. The molecule has 11 heteroatoms. The van der Waals surface area contributed by atoms with Crippen molar-refractivity contribution >= 4 is 26.3 Å². The van der Waals surface area contributed by atoms with Crippen LogP contribution in [0.4, 0.5) is 8.78 Å². The minimum atomic E-state index is -4.04. The van der Waals surface area contributed by atoms with Crippen LogP contribution in [0.2, 0.25) is 0 Å². The van der Waals surface area contributed by atoms with Crippen LogP contribution in [0.15, 0.2) is 39.3 Å². The first kappa shape index (κ1) is 20.1. The maximum atomic E-state index is 13.9. The molecule has 0 aliphatic carbocycles. The largest absolute Gasteiger partial charge is 0.295 e. The van der Waals surface area contributed by atoms with Gasteiger partial charge in [0.15, 0.2) is 4.96 Å². The molecular weight excluding hydrogens is 422 g/mol. The molecule has 2 aromatic heterocycles. The standard InChI is InChI=1S/C18H18F2N4O3S2/c1-12-11-28-18-21-14(9-17(25)24(12)18)10-22-4-6-23(7-5-22)29(26,27)16-3-2-13(19)8-15(16)20/h2-3,8-9,11H,4-7,10H2,1H3. The molecular formula is C18H18F2N4O3S2. The molecule has 0 unspecified atom stereocenters. The van der Waals surface area contributed by atoms with Gasteiger partial charge in [-0.15, -0.1) is 11.3 Å². The predicted octanol–water partition coefficient (Wildman–Crippen LogP) is 1.85. The molecule has 0 radical (unpaired) electrons. The highest BCUT2D eigenvalue weighted by Crippen LogP contribution is 2.22. The van der Waals surface area contributed by atoms with Gasteiger partial charge >= 0.3 is 0 Å². The minimum Gasteiger partial charge on any atom is -0.295 e. The first-order valence-corrected chi connectivity index (χ1v) is 11.2. The van der Waals surface area contributed by atoms with E-state index in [-0.39, 0.29) is 18.6 Å². The summed E-state index contributed by atoms with van der Waals surface area (Å²) in [5, 5.41) is 1.87. The van der Waals surface area contributed by atoms with Crippen molar-refractivity contribution in [1.29, 1.82) is 0 Å². The molecule has 3 heterocycles. The zero-order chi connectivity index (χ0) is 20.8. The van der Waals surface area contributed by atoms with Gasteiger partial charge < -0.3 is 0 Å². The van der Waals surface area contributed by atoms with E-state index in [2.05, 4.69) is 4.98 Å². The van der Waals surface area contributed by atoms with Crippen molar-refractivity contribution in [1.82, 2.24) is 18.6 Å². The SMILES string of the molecule is Cc1csc2nc(CN3CCN(S(=O)(=O)c4ccc(F)cc4F)CC3)cc(=O)n12. The zero-order valence-electron chi connectivity index (χ0n) is 15.5. The maximum absolute atomic E-state index is 13.9. The lowest BCUT2D eigenvalue weighted by atomic mass is 10.3. The van der Waals surface area contributed by atoms with E-state index in [1.54, 1.807) is 4.40 Å². The van der Waals surface area contributed by atoms with Gasteiger partial charge in [0.1, 0.15) is 16.5 Å². The van der Waals surface area contributed by atoms with Crippen molar-refractivity contribution in [3.63, 3.8) is 0 Å². The number of halogens is 2. The maximum Gasteiger partial charge on any atom is 0.259 e. The summed E-state index contributed by atoms with van der Waals surface area (Å²) >= 11 is 1.39. The molecule has 0 N–H and O–H groups in total. The molecule has 1 aromatic carbocycles. The van der Waals surface area contributed by atoms with Gasteiger partial charge in [0.05, 0.1) is 5.69 Å². The smallest absolute Gasteiger partial charge is 0.259 e. The highest BCUT2D eigenvalue weighted by Gasteiger charge is 2.31. The molecule has 0 saturated carbocycles. The van der Waals surface area contributed by atoms with Crippen molar-refractivity contribution in [3.05, 3.63) is 63.0 Å². The Kier molecular flexibility index (Phi) is 5.23. The number of rotatable bonds is 4. The molecule has 7 nitrogen and oxygen atoms in total. The number of thiazole rings is 1. The Hall–Kier alpha value is -2.21. The number of fused-ring (bicyclic) bond motifs is 1. The number of sulfonamides is 1. The van der Waals surface area contributed by atoms with E-state index >= 15 is 0 Å². The molecule has 4 rings (SSSR count). The van der Waals surface area contributed by atoms with E-state index in [0.717, 1.165) is 17.8 Å². The highest BCUT2D eigenvalue weighted by atomic mass is 32.2. The Morgan fingerprint density at radius 3 is 2.55 bits per heavy atom. The van der Waals surface area contributed by atoms with Crippen LogP contribution in [0.25, 0.3) is 4.96 Å². The molecule has 1 aliphatic rings. The Balaban J connectivity index is 1.46. The van der Waals surface area contributed by atoms with Gasteiger partial charge in [0, 0.05) is 55.9 Å². The number of hydrogen-bond donors (Lipinski definition) is 0. The predicted molar refractivity (Wildman–Crippen MR) is 104 cm³/mol. The number of hydrogen-bond acceptors (Lipinski definition) is 6. The molecule has 0 amide bonds. The summed E-state index contributed by atoms with van der Waals surface area (Å²) in [4.78, 5) is 18.9. The second-order valence-corrected chi connectivity index (χ2v) is 9.58. The van der Waals surface area contributed by atoms with Gasteiger partial charge in [0.2, 0.25) is 10.0 Å². The first-order chi connectivity index (χ1) is 13.8. The zero-order valence-corrected chi connectivity index (χ0v) is 17.1. The molecule has 154 valence electrons. The van der Waals surface area contributed by atoms with Crippen LogP contribution < -0.4 is 5.56 Å². The van der Waals surface area contributed by atoms with Gasteiger partial charge in [-0.25, -0.2) is 22.2 Å². The summed E-state index contributed by atoms with van der Waals surface area (Å²) < 4.78 is 55.1. The van der Waals surface area contributed by atoms with Crippen molar-refractivity contribution in [3.8, 4) is 0 Å². The molecule has 1 aliphatic heterocycles. The molecule has 0 spiro atoms. The lowest BCUT2D eigenvalue weighted by Crippen LogP contribution is -2.48. The van der Waals surface area contributed by atoms with Gasteiger partial charge in [-0.05, 0) is 19.1 Å². The fraction of sp³-hybridized carbons (Fsp3) is 0.333. The van der Waals surface area contributed by atoms with Crippen molar-refractivity contribution in [2.75, 3.05) is 26.2 Å². The quantitative estimate of drug-likeness (QED) is 0.619. The Labute approximate surface area is 169 Å². The van der Waals surface area contributed by atoms with E-state index in [4.69, 9.17) is 0 Å². The van der Waals surface area contributed by atoms with Crippen LogP contribution in [0, 0.1) is 18.6 Å². The van der Waals surface area contributed by atoms with Crippen molar-refractivity contribution in [2.45, 2.75) is 18.4 Å². The van der Waals surface area contributed by atoms with Gasteiger partial charge in [-0.2, -0.15) is 4.31 Å². The van der Waals surface area contributed by atoms with E-state index in [0.29, 0.717) is 36.4 Å². The third kappa shape index (κ3) is 3.82. The number of piperazine rings is 1. The van der Waals surface area contributed by atoms with Crippen LogP contribution in [-0.4, -0.2) is 53.2 Å².